The predicted octanol–water partition coefficient (Wildman–Crippen LogP) is 3.08. The Balaban J connectivity index is 2.05. The standard InChI is InChI=1S/C17H17NO3/c1-11-6-7-12-4-2-3-5-15(12)18(11)17(21)14-9-8-13(19)10-16(14)20/h2-5,8-11,19-20H,6-7H2,1H3. The van der Waals surface area contributed by atoms with Crippen LogP contribution < -0.4 is 4.90 Å². The van der Waals surface area contributed by atoms with Crippen molar-refractivity contribution < 1.29 is 15.0 Å². The van der Waals surface area contributed by atoms with Gasteiger partial charge in [0.15, 0.2) is 0 Å². The molecule has 0 saturated heterocycles. The molecule has 108 valence electrons. The van der Waals surface area contributed by atoms with E-state index in [-0.39, 0.29) is 29.0 Å². The molecule has 0 bridgehead atoms. The number of anilines is 1. The van der Waals surface area contributed by atoms with Crippen molar-refractivity contribution in [2.45, 2.75) is 25.8 Å². The Kier molecular flexibility index (Phi) is 3.29. The maximum atomic E-state index is 12.8. The first kappa shape index (κ1) is 13.5. The largest absolute Gasteiger partial charge is 0.508 e. The van der Waals surface area contributed by atoms with Gasteiger partial charge in [0.25, 0.3) is 5.91 Å². The number of benzene rings is 2. The van der Waals surface area contributed by atoms with Crippen molar-refractivity contribution in [3.05, 3.63) is 53.6 Å². The van der Waals surface area contributed by atoms with Crippen LogP contribution in [0.4, 0.5) is 5.69 Å². The minimum Gasteiger partial charge on any atom is -0.508 e. The van der Waals surface area contributed by atoms with E-state index >= 15 is 0 Å². The highest BCUT2D eigenvalue weighted by atomic mass is 16.3. The van der Waals surface area contributed by atoms with Gasteiger partial charge in [0, 0.05) is 17.8 Å². The molecule has 0 saturated carbocycles. The van der Waals surface area contributed by atoms with Crippen molar-refractivity contribution in [2.24, 2.45) is 0 Å². The summed E-state index contributed by atoms with van der Waals surface area (Å²) in [7, 11) is 0. The molecular weight excluding hydrogens is 266 g/mol. The fourth-order valence-electron chi connectivity index (χ4n) is 2.83. The number of para-hydroxylation sites is 1. The Morgan fingerprint density at radius 2 is 1.95 bits per heavy atom. The minimum absolute atomic E-state index is 0.0591. The summed E-state index contributed by atoms with van der Waals surface area (Å²) in [4.78, 5) is 14.5. The normalized spacial score (nSPS) is 17.4. The van der Waals surface area contributed by atoms with Gasteiger partial charge in [0.2, 0.25) is 0 Å². The second-order valence-electron chi connectivity index (χ2n) is 5.39. The number of phenolic OH excluding ortho intramolecular Hbond substituents is 2. The molecule has 1 aliphatic rings. The molecule has 21 heavy (non-hydrogen) atoms. The number of carbonyl (C=O) groups is 1. The fourth-order valence-corrected chi connectivity index (χ4v) is 2.83. The molecule has 1 unspecified atom stereocenters. The van der Waals surface area contributed by atoms with Crippen molar-refractivity contribution in [3.63, 3.8) is 0 Å². The Morgan fingerprint density at radius 1 is 1.19 bits per heavy atom. The maximum Gasteiger partial charge on any atom is 0.262 e. The highest BCUT2D eigenvalue weighted by Crippen LogP contribution is 2.33. The van der Waals surface area contributed by atoms with Gasteiger partial charge in [-0.3, -0.25) is 4.79 Å². The average Bonchev–Trinajstić information content (AvgIpc) is 2.46. The van der Waals surface area contributed by atoms with Gasteiger partial charge in [0.1, 0.15) is 11.5 Å². The molecular formula is C17H17NO3. The van der Waals surface area contributed by atoms with E-state index in [0.29, 0.717) is 0 Å². The van der Waals surface area contributed by atoms with Crippen LogP contribution in [-0.2, 0) is 6.42 Å². The van der Waals surface area contributed by atoms with E-state index in [0.717, 1.165) is 24.1 Å². The summed E-state index contributed by atoms with van der Waals surface area (Å²) >= 11 is 0. The lowest BCUT2D eigenvalue weighted by atomic mass is 9.95. The van der Waals surface area contributed by atoms with E-state index < -0.39 is 0 Å². The summed E-state index contributed by atoms with van der Waals surface area (Å²) in [5.74, 6) is -0.501. The highest BCUT2D eigenvalue weighted by Gasteiger charge is 2.29. The quantitative estimate of drug-likeness (QED) is 0.845. The SMILES string of the molecule is CC1CCc2ccccc2N1C(=O)c1ccc(O)cc1O. The summed E-state index contributed by atoms with van der Waals surface area (Å²) in [5.41, 5.74) is 2.24. The lowest BCUT2D eigenvalue weighted by Crippen LogP contribution is -2.42. The van der Waals surface area contributed by atoms with Crippen LogP contribution >= 0.6 is 0 Å². The number of rotatable bonds is 1. The molecule has 0 spiro atoms. The lowest BCUT2D eigenvalue weighted by molar-refractivity contribution is 0.0972. The number of aromatic hydroxyl groups is 2. The molecule has 0 aliphatic carbocycles. The minimum atomic E-state index is -0.243. The zero-order chi connectivity index (χ0) is 15.0. The number of hydrogen-bond donors (Lipinski definition) is 2. The van der Waals surface area contributed by atoms with Gasteiger partial charge < -0.3 is 15.1 Å². The Morgan fingerprint density at radius 3 is 2.71 bits per heavy atom. The molecule has 1 amide bonds. The first-order chi connectivity index (χ1) is 10.1. The van der Waals surface area contributed by atoms with Gasteiger partial charge in [0.05, 0.1) is 5.56 Å². The van der Waals surface area contributed by atoms with Crippen molar-refractivity contribution in [2.75, 3.05) is 4.90 Å². The van der Waals surface area contributed by atoms with Crippen LogP contribution in [0.1, 0.15) is 29.3 Å². The molecule has 2 aromatic rings. The van der Waals surface area contributed by atoms with Gasteiger partial charge in [-0.1, -0.05) is 18.2 Å². The molecule has 1 atom stereocenters. The average molecular weight is 283 g/mol. The van der Waals surface area contributed by atoms with Gasteiger partial charge in [-0.05, 0) is 43.5 Å². The third-order valence-corrected chi connectivity index (χ3v) is 3.95. The fraction of sp³-hybridized carbons (Fsp3) is 0.235. The zero-order valence-corrected chi connectivity index (χ0v) is 11.8. The van der Waals surface area contributed by atoms with E-state index in [2.05, 4.69) is 0 Å². The lowest BCUT2D eigenvalue weighted by Gasteiger charge is -2.35. The van der Waals surface area contributed by atoms with Gasteiger partial charge in [-0.25, -0.2) is 0 Å². The molecule has 0 radical (unpaired) electrons. The van der Waals surface area contributed by atoms with Crippen molar-refractivity contribution >= 4 is 11.6 Å². The van der Waals surface area contributed by atoms with Crippen LogP contribution in [0.15, 0.2) is 42.5 Å². The van der Waals surface area contributed by atoms with Crippen LogP contribution in [0.2, 0.25) is 0 Å². The van der Waals surface area contributed by atoms with Crippen molar-refractivity contribution in [1.29, 1.82) is 0 Å². The summed E-state index contributed by atoms with van der Waals surface area (Å²) in [6.45, 7) is 2.01. The van der Waals surface area contributed by atoms with Crippen LogP contribution in [0.5, 0.6) is 11.5 Å². The summed E-state index contributed by atoms with van der Waals surface area (Å²) in [6, 6.07) is 12.0. The van der Waals surface area contributed by atoms with Crippen molar-refractivity contribution in [3.8, 4) is 11.5 Å². The number of aryl methyl sites for hydroxylation is 1. The molecule has 4 nitrogen and oxygen atoms in total. The van der Waals surface area contributed by atoms with E-state index in [1.807, 2.05) is 31.2 Å². The molecule has 0 aromatic heterocycles. The molecule has 1 aliphatic heterocycles. The Labute approximate surface area is 123 Å². The summed E-state index contributed by atoms with van der Waals surface area (Å²) < 4.78 is 0. The molecule has 4 heteroatoms. The van der Waals surface area contributed by atoms with E-state index in [9.17, 15) is 15.0 Å². The monoisotopic (exact) mass is 283 g/mol. The molecule has 0 fully saturated rings. The Bertz CT molecular complexity index is 696. The number of fused-ring (bicyclic) bond motifs is 1. The highest BCUT2D eigenvalue weighted by molar-refractivity contribution is 6.08. The first-order valence-electron chi connectivity index (χ1n) is 7.01. The number of nitrogens with zero attached hydrogens (tertiary/aromatic N) is 1. The second kappa shape index (κ2) is 5.13. The zero-order valence-electron chi connectivity index (χ0n) is 11.8. The van der Waals surface area contributed by atoms with Crippen LogP contribution in [0.25, 0.3) is 0 Å². The predicted molar refractivity (Wildman–Crippen MR) is 80.8 cm³/mol. The Hall–Kier alpha value is -2.49. The topological polar surface area (TPSA) is 60.8 Å². The van der Waals surface area contributed by atoms with E-state index in [1.54, 1.807) is 4.90 Å². The number of hydrogen-bond acceptors (Lipinski definition) is 3. The molecule has 2 N–H and O–H groups in total. The third-order valence-electron chi connectivity index (χ3n) is 3.95. The molecule has 3 rings (SSSR count). The third kappa shape index (κ3) is 2.33. The van der Waals surface area contributed by atoms with E-state index in [1.165, 1.54) is 18.2 Å². The van der Waals surface area contributed by atoms with Gasteiger partial charge in [-0.2, -0.15) is 0 Å². The second-order valence-corrected chi connectivity index (χ2v) is 5.39. The summed E-state index contributed by atoms with van der Waals surface area (Å²) in [6.07, 6.45) is 1.84. The smallest absolute Gasteiger partial charge is 0.262 e. The summed E-state index contributed by atoms with van der Waals surface area (Å²) in [5, 5.41) is 19.3. The number of carbonyl (C=O) groups excluding carboxylic acids is 1. The van der Waals surface area contributed by atoms with Crippen LogP contribution in [0.3, 0.4) is 0 Å². The maximum absolute atomic E-state index is 12.8. The number of amides is 1. The van der Waals surface area contributed by atoms with Crippen molar-refractivity contribution in [1.82, 2.24) is 0 Å². The molecule has 1 heterocycles. The van der Waals surface area contributed by atoms with Gasteiger partial charge >= 0.3 is 0 Å². The molecule has 2 aromatic carbocycles. The van der Waals surface area contributed by atoms with E-state index in [4.69, 9.17) is 0 Å². The van der Waals surface area contributed by atoms with Gasteiger partial charge in [-0.15, -0.1) is 0 Å². The van der Waals surface area contributed by atoms with Crippen LogP contribution in [0, 0.1) is 0 Å². The first-order valence-corrected chi connectivity index (χ1v) is 7.01. The number of phenols is 2. The van der Waals surface area contributed by atoms with Crippen LogP contribution in [-0.4, -0.2) is 22.2 Å².